The van der Waals surface area contributed by atoms with Gasteiger partial charge in [0.1, 0.15) is 0 Å². The van der Waals surface area contributed by atoms with Crippen molar-refractivity contribution < 1.29 is 14.7 Å². The lowest BCUT2D eigenvalue weighted by atomic mass is 10.2. The zero-order chi connectivity index (χ0) is 13.0. The molecular formula is C12H10N2O3S. The van der Waals surface area contributed by atoms with Crippen LogP contribution in [0.4, 0.5) is 16.2 Å². The lowest BCUT2D eigenvalue weighted by Crippen LogP contribution is -2.10. The van der Waals surface area contributed by atoms with Crippen LogP contribution < -0.4 is 10.6 Å². The van der Waals surface area contributed by atoms with Crippen LogP contribution in [0.2, 0.25) is 0 Å². The first kappa shape index (κ1) is 12.1. The van der Waals surface area contributed by atoms with E-state index < -0.39 is 6.09 Å². The van der Waals surface area contributed by atoms with Crippen LogP contribution in [0.5, 0.6) is 0 Å². The molecule has 2 aromatic rings. The highest BCUT2D eigenvalue weighted by Crippen LogP contribution is 2.16. The number of rotatable bonds is 3. The van der Waals surface area contributed by atoms with Crippen molar-refractivity contribution in [2.75, 3.05) is 10.6 Å². The molecule has 18 heavy (non-hydrogen) atoms. The van der Waals surface area contributed by atoms with Gasteiger partial charge in [0, 0.05) is 11.4 Å². The molecule has 0 fully saturated rings. The van der Waals surface area contributed by atoms with Crippen molar-refractivity contribution in [1.82, 2.24) is 0 Å². The largest absolute Gasteiger partial charge is 0.465 e. The predicted molar refractivity (Wildman–Crippen MR) is 70.4 cm³/mol. The van der Waals surface area contributed by atoms with Gasteiger partial charge in [-0.25, -0.2) is 4.79 Å². The van der Waals surface area contributed by atoms with Crippen molar-refractivity contribution >= 4 is 34.7 Å². The maximum absolute atomic E-state index is 11.7. The summed E-state index contributed by atoms with van der Waals surface area (Å²) in [7, 11) is 0. The standard InChI is InChI=1S/C12H10N2O3S/c15-11(10-2-1-7-18-10)13-8-3-5-9(6-4-8)14-12(16)17/h1-7,14H,(H,13,15)(H,16,17). The molecule has 0 saturated carbocycles. The number of nitrogens with one attached hydrogen (secondary N) is 2. The van der Waals surface area contributed by atoms with Crippen molar-refractivity contribution in [1.29, 1.82) is 0 Å². The van der Waals surface area contributed by atoms with Crippen molar-refractivity contribution in [3.05, 3.63) is 46.7 Å². The Hall–Kier alpha value is -2.34. The molecule has 2 rings (SSSR count). The molecule has 0 aliphatic heterocycles. The van der Waals surface area contributed by atoms with Crippen molar-refractivity contribution in [3.63, 3.8) is 0 Å². The van der Waals surface area contributed by atoms with Crippen molar-refractivity contribution in [3.8, 4) is 0 Å². The second kappa shape index (κ2) is 5.33. The maximum Gasteiger partial charge on any atom is 0.409 e. The molecule has 1 heterocycles. The molecule has 6 heteroatoms. The minimum Gasteiger partial charge on any atom is -0.465 e. The van der Waals surface area contributed by atoms with Gasteiger partial charge in [0.05, 0.1) is 4.88 Å². The van der Waals surface area contributed by atoms with Gasteiger partial charge in [0.2, 0.25) is 0 Å². The zero-order valence-corrected chi connectivity index (χ0v) is 10.0. The van der Waals surface area contributed by atoms with E-state index in [-0.39, 0.29) is 5.91 Å². The number of thiophene rings is 1. The zero-order valence-electron chi connectivity index (χ0n) is 9.21. The number of carbonyl (C=O) groups is 2. The smallest absolute Gasteiger partial charge is 0.409 e. The average molecular weight is 262 g/mol. The molecule has 0 aliphatic carbocycles. The highest BCUT2D eigenvalue weighted by Gasteiger charge is 2.06. The SMILES string of the molecule is O=C(O)Nc1ccc(NC(=O)c2cccs2)cc1. The number of carboxylic acid groups (broad SMARTS) is 1. The molecule has 0 atom stereocenters. The molecule has 2 amide bonds. The lowest BCUT2D eigenvalue weighted by molar-refractivity contribution is 0.103. The van der Waals surface area contributed by atoms with Gasteiger partial charge in [-0.3, -0.25) is 10.1 Å². The first-order valence-corrected chi connectivity index (χ1v) is 5.98. The van der Waals surface area contributed by atoms with E-state index >= 15 is 0 Å². The second-order valence-electron chi connectivity index (χ2n) is 3.44. The molecular weight excluding hydrogens is 252 g/mol. The Morgan fingerprint density at radius 2 is 1.61 bits per heavy atom. The van der Waals surface area contributed by atoms with E-state index in [1.54, 1.807) is 36.4 Å². The first-order valence-electron chi connectivity index (χ1n) is 5.10. The van der Waals surface area contributed by atoms with Crippen LogP contribution in [-0.4, -0.2) is 17.1 Å². The summed E-state index contributed by atoms with van der Waals surface area (Å²) in [6, 6.07) is 9.98. The number of hydrogen-bond donors (Lipinski definition) is 3. The molecule has 0 saturated heterocycles. The van der Waals surface area contributed by atoms with E-state index in [0.29, 0.717) is 16.3 Å². The van der Waals surface area contributed by atoms with Crippen molar-refractivity contribution in [2.24, 2.45) is 0 Å². The lowest BCUT2D eigenvalue weighted by Gasteiger charge is -2.05. The monoisotopic (exact) mass is 262 g/mol. The third kappa shape index (κ3) is 3.08. The molecule has 3 N–H and O–H groups in total. The highest BCUT2D eigenvalue weighted by atomic mass is 32.1. The van der Waals surface area contributed by atoms with E-state index in [4.69, 9.17) is 5.11 Å². The molecule has 1 aromatic heterocycles. The number of hydrogen-bond acceptors (Lipinski definition) is 3. The van der Waals surface area contributed by atoms with Crippen molar-refractivity contribution in [2.45, 2.75) is 0 Å². The molecule has 0 unspecified atom stereocenters. The third-order valence-electron chi connectivity index (χ3n) is 2.14. The van der Waals surface area contributed by atoms with Crippen LogP contribution in [0.3, 0.4) is 0 Å². The first-order chi connectivity index (χ1) is 8.65. The summed E-state index contributed by atoms with van der Waals surface area (Å²) in [5.41, 5.74) is 1.07. The Bertz CT molecular complexity index is 549. The van der Waals surface area contributed by atoms with Gasteiger partial charge in [0.15, 0.2) is 0 Å². The molecule has 0 aliphatic rings. The quantitative estimate of drug-likeness (QED) is 0.795. The minimum absolute atomic E-state index is 0.177. The fourth-order valence-corrected chi connectivity index (χ4v) is 1.98. The Balaban J connectivity index is 2.02. The van der Waals surface area contributed by atoms with Gasteiger partial charge in [-0.1, -0.05) is 6.07 Å². The van der Waals surface area contributed by atoms with Crippen LogP contribution in [-0.2, 0) is 0 Å². The van der Waals surface area contributed by atoms with Gasteiger partial charge in [-0.15, -0.1) is 11.3 Å². The normalized spacial score (nSPS) is 9.78. The van der Waals surface area contributed by atoms with E-state index in [9.17, 15) is 9.59 Å². The van der Waals surface area contributed by atoms with Gasteiger partial charge < -0.3 is 10.4 Å². The fourth-order valence-electron chi connectivity index (χ4n) is 1.36. The summed E-state index contributed by atoms with van der Waals surface area (Å²) >= 11 is 1.36. The Labute approximate surface area is 107 Å². The summed E-state index contributed by atoms with van der Waals surface area (Å²) in [6.07, 6.45) is -1.12. The Kier molecular flexibility index (Phi) is 3.59. The second-order valence-corrected chi connectivity index (χ2v) is 4.39. The van der Waals surface area contributed by atoms with E-state index in [2.05, 4.69) is 10.6 Å². The molecule has 0 radical (unpaired) electrons. The Morgan fingerprint density at radius 3 is 2.11 bits per heavy atom. The van der Waals surface area contributed by atoms with Gasteiger partial charge >= 0.3 is 6.09 Å². The highest BCUT2D eigenvalue weighted by molar-refractivity contribution is 7.12. The molecule has 0 spiro atoms. The van der Waals surface area contributed by atoms with E-state index in [1.165, 1.54) is 11.3 Å². The fraction of sp³-hybridized carbons (Fsp3) is 0. The van der Waals surface area contributed by atoms with Crippen LogP contribution in [0, 0.1) is 0 Å². The summed E-state index contributed by atoms with van der Waals surface area (Å²) in [4.78, 5) is 22.8. The Morgan fingerprint density at radius 1 is 1.00 bits per heavy atom. The molecule has 1 aromatic carbocycles. The third-order valence-corrected chi connectivity index (χ3v) is 3.01. The molecule has 5 nitrogen and oxygen atoms in total. The van der Waals surface area contributed by atoms with Crippen LogP contribution in [0.25, 0.3) is 0 Å². The van der Waals surface area contributed by atoms with Crippen LogP contribution >= 0.6 is 11.3 Å². The number of benzene rings is 1. The number of amides is 2. The topological polar surface area (TPSA) is 78.4 Å². The number of carbonyl (C=O) groups excluding carboxylic acids is 1. The van der Waals surface area contributed by atoms with Gasteiger partial charge in [0.25, 0.3) is 5.91 Å². The predicted octanol–water partition coefficient (Wildman–Crippen LogP) is 3.09. The maximum atomic E-state index is 11.7. The molecule has 92 valence electrons. The summed E-state index contributed by atoms with van der Waals surface area (Å²) in [6.45, 7) is 0. The minimum atomic E-state index is -1.12. The number of anilines is 2. The van der Waals surface area contributed by atoms with Gasteiger partial charge in [-0.2, -0.15) is 0 Å². The summed E-state index contributed by atoms with van der Waals surface area (Å²) in [5.74, 6) is -0.177. The van der Waals surface area contributed by atoms with Crippen LogP contribution in [0.1, 0.15) is 9.67 Å². The van der Waals surface area contributed by atoms with Gasteiger partial charge in [-0.05, 0) is 35.7 Å². The average Bonchev–Trinajstić information content (AvgIpc) is 2.84. The summed E-state index contributed by atoms with van der Waals surface area (Å²) in [5, 5.41) is 15.3. The van der Waals surface area contributed by atoms with Crippen LogP contribution in [0.15, 0.2) is 41.8 Å². The summed E-state index contributed by atoms with van der Waals surface area (Å²) < 4.78 is 0. The molecule has 0 bridgehead atoms. The van der Waals surface area contributed by atoms with E-state index in [0.717, 1.165) is 0 Å². The van der Waals surface area contributed by atoms with E-state index in [1.807, 2.05) is 5.38 Å².